The van der Waals surface area contributed by atoms with Gasteiger partial charge in [-0.3, -0.25) is 4.90 Å². The molecule has 1 aromatic carbocycles. The van der Waals surface area contributed by atoms with E-state index in [2.05, 4.69) is 57.8 Å². The van der Waals surface area contributed by atoms with E-state index in [9.17, 15) is 0 Å². The van der Waals surface area contributed by atoms with Crippen LogP contribution in [0.4, 0.5) is 0 Å². The van der Waals surface area contributed by atoms with Gasteiger partial charge in [0.2, 0.25) is 0 Å². The van der Waals surface area contributed by atoms with E-state index in [-0.39, 0.29) is 6.04 Å². The molecule has 1 aliphatic heterocycles. The van der Waals surface area contributed by atoms with E-state index >= 15 is 0 Å². The van der Waals surface area contributed by atoms with Crippen LogP contribution in [0.3, 0.4) is 0 Å². The van der Waals surface area contributed by atoms with Crippen LogP contribution in [0.1, 0.15) is 38.3 Å². The number of hydrogen-bond acceptors (Lipinski definition) is 3. The van der Waals surface area contributed by atoms with Crippen LogP contribution in [-0.4, -0.2) is 48.6 Å². The van der Waals surface area contributed by atoms with E-state index < -0.39 is 0 Å². The Bertz CT molecular complexity index is 434. The molecule has 1 fully saturated rings. The molecule has 4 heteroatoms. The van der Waals surface area contributed by atoms with Crippen LogP contribution in [-0.2, 0) is 0 Å². The summed E-state index contributed by atoms with van der Waals surface area (Å²) < 4.78 is 1.12. The number of likely N-dealkylation sites (N-methyl/N-ethyl adjacent to an activating group) is 1. The van der Waals surface area contributed by atoms with Crippen LogP contribution in [0.5, 0.6) is 0 Å². The smallest absolute Gasteiger partial charge is 0.0318 e. The van der Waals surface area contributed by atoms with Crippen molar-refractivity contribution >= 4 is 15.9 Å². The van der Waals surface area contributed by atoms with Gasteiger partial charge in [0.25, 0.3) is 0 Å². The average molecular weight is 354 g/mol. The second-order valence-corrected chi connectivity index (χ2v) is 6.74. The lowest BCUT2D eigenvalue weighted by Crippen LogP contribution is -2.37. The zero-order valence-electron chi connectivity index (χ0n) is 13.3. The van der Waals surface area contributed by atoms with Gasteiger partial charge >= 0.3 is 0 Å². The summed E-state index contributed by atoms with van der Waals surface area (Å²) in [5.41, 5.74) is 7.57. The van der Waals surface area contributed by atoms with Gasteiger partial charge in [-0.1, -0.05) is 48.0 Å². The molecule has 1 saturated heterocycles. The monoisotopic (exact) mass is 353 g/mol. The molecule has 3 nitrogen and oxygen atoms in total. The van der Waals surface area contributed by atoms with Gasteiger partial charge in [-0.05, 0) is 44.1 Å². The van der Waals surface area contributed by atoms with Gasteiger partial charge in [0, 0.05) is 29.6 Å². The quantitative estimate of drug-likeness (QED) is 0.816. The Kier molecular flexibility index (Phi) is 6.68. The lowest BCUT2D eigenvalue weighted by atomic mass is 10.0. The summed E-state index contributed by atoms with van der Waals surface area (Å²) in [5, 5.41) is 0. The number of halogens is 1. The van der Waals surface area contributed by atoms with Gasteiger partial charge in [0.1, 0.15) is 0 Å². The summed E-state index contributed by atoms with van der Waals surface area (Å²) in [4.78, 5) is 5.15. The molecule has 0 amide bonds. The maximum atomic E-state index is 6.35. The fourth-order valence-corrected chi connectivity index (χ4v) is 3.89. The molecular formula is C17H28BrN3. The van der Waals surface area contributed by atoms with Crippen molar-refractivity contribution in [3.63, 3.8) is 0 Å². The standard InChI is InChI=1S/C17H28BrN3/c1-3-21(4-2)14-9-11-20(13-14)12-10-17(19)15-7-5-6-8-16(15)18/h5-8,14,17H,3-4,9-13,19H2,1-2H3. The minimum Gasteiger partial charge on any atom is -0.324 e. The highest BCUT2D eigenvalue weighted by molar-refractivity contribution is 9.10. The molecule has 1 aliphatic rings. The third-order valence-electron chi connectivity index (χ3n) is 4.64. The van der Waals surface area contributed by atoms with E-state index in [1.54, 1.807) is 0 Å². The van der Waals surface area contributed by atoms with Crippen LogP contribution >= 0.6 is 15.9 Å². The Morgan fingerprint density at radius 1 is 1.33 bits per heavy atom. The first-order valence-electron chi connectivity index (χ1n) is 8.12. The largest absolute Gasteiger partial charge is 0.324 e. The van der Waals surface area contributed by atoms with Crippen molar-refractivity contribution in [3.8, 4) is 0 Å². The minimum atomic E-state index is 0.119. The normalized spacial score (nSPS) is 21.1. The highest BCUT2D eigenvalue weighted by atomic mass is 79.9. The SMILES string of the molecule is CCN(CC)C1CCN(CCC(N)c2ccccc2Br)C1. The third kappa shape index (κ3) is 4.52. The predicted octanol–water partition coefficient (Wildman–Crippen LogP) is 3.26. The second-order valence-electron chi connectivity index (χ2n) is 5.88. The van der Waals surface area contributed by atoms with Gasteiger partial charge in [0.05, 0.1) is 0 Å². The minimum absolute atomic E-state index is 0.119. The van der Waals surface area contributed by atoms with Crippen LogP contribution in [0.2, 0.25) is 0 Å². The molecule has 0 aromatic heterocycles. The highest BCUT2D eigenvalue weighted by Crippen LogP contribution is 2.24. The number of hydrogen-bond donors (Lipinski definition) is 1. The van der Waals surface area contributed by atoms with Crippen molar-refractivity contribution in [1.29, 1.82) is 0 Å². The van der Waals surface area contributed by atoms with Crippen molar-refractivity contribution < 1.29 is 0 Å². The fraction of sp³-hybridized carbons (Fsp3) is 0.647. The van der Waals surface area contributed by atoms with Gasteiger partial charge in [-0.2, -0.15) is 0 Å². The number of benzene rings is 1. The van der Waals surface area contributed by atoms with Crippen LogP contribution in [0.15, 0.2) is 28.7 Å². The Hall–Kier alpha value is -0.420. The fourth-order valence-electron chi connectivity index (χ4n) is 3.31. The molecule has 0 saturated carbocycles. The summed E-state index contributed by atoms with van der Waals surface area (Å²) in [6.07, 6.45) is 2.32. The maximum absolute atomic E-state index is 6.35. The Labute approximate surface area is 137 Å². The summed E-state index contributed by atoms with van der Waals surface area (Å²) in [7, 11) is 0. The third-order valence-corrected chi connectivity index (χ3v) is 5.36. The molecule has 118 valence electrons. The summed E-state index contributed by atoms with van der Waals surface area (Å²) in [6.45, 7) is 10.3. The Morgan fingerprint density at radius 3 is 2.71 bits per heavy atom. The predicted molar refractivity (Wildman–Crippen MR) is 93.5 cm³/mol. The zero-order valence-corrected chi connectivity index (χ0v) is 14.8. The Morgan fingerprint density at radius 2 is 2.05 bits per heavy atom. The van der Waals surface area contributed by atoms with Crippen molar-refractivity contribution in [1.82, 2.24) is 9.80 Å². The lowest BCUT2D eigenvalue weighted by Gasteiger charge is -2.26. The van der Waals surface area contributed by atoms with E-state index in [0.29, 0.717) is 0 Å². The lowest BCUT2D eigenvalue weighted by molar-refractivity contribution is 0.209. The first kappa shape index (κ1) is 16.9. The summed E-state index contributed by atoms with van der Waals surface area (Å²) in [5.74, 6) is 0. The summed E-state index contributed by atoms with van der Waals surface area (Å²) in [6, 6.07) is 9.15. The van der Waals surface area contributed by atoms with Crippen molar-refractivity contribution in [2.75, 3.05) is 32.7 Å². The molecule has 1 heterocycles. The molecule has 2 unspecified atom stereocenters. The molecule has 2 atom stereocenters. The number of nitrogens with zero attached hydrogens (tertiary/aromatic N) is 2. The van der Waals surface area contributed by atoms with E-state index in [1.165, 1.54) is 25.1 Å². The molecular weight excluding hydrogens is 326 g/mol. The first-order valence-corrected chi connectivity index (χ1v) is 8.91. The van der Waals surface area contributed by atoms with E-state index in [4.69, 9.17) is 5.73 Å². The van der Waals surface area contributed by atoms with Gasteiger partial charge in [-0.15, -0.1) is 0 Å². The average Bonchev–Trinajstić information content (AvgIpc) is 2.95. The van der Waals surface area contributed by atoms with E-state index in [0.717, 1.165) is 36.6 Å². The topological polar surface area (TPSA) is 32.5 Å². The van der Waals surface area contributed by atoms with Crippen LogP contribution in [0.25, 0.3) is 0 Å². The molecule has 0 spiro atoms. The number of nitrogens with two attached hydrogens (primary N) is 1. The number of likely N-dealkylation sites (tertiary alicyclic amines) is 1. The van der Waals surface area contributed by atoms with Crippen LogP contribution in [0, 0.1) is 0 Å². The maximum Gasteiger partial charge on any atom is 0.0318 e. The molecule has 2 N–H and O–H groups in total. The number of rotatable bonds is 7. The van der Waals surface area contributed by atoms with Crippen molar-refractivity contribution in [2.45, 2.75) is 38.8 Å². The molecule has 0 aliphatic carbocycles. The summed E-state index contributed by atoms with van der Waals surface area (Å²) >= 11 is 3.60. The van der Waals surface area contributed by atoms with Crippen molar-refractivity contribution in [2.24, 2.45) is 5.73 Å². The first-order chi connectivity index (χ1) is 10.2. The molecule has 21 heavy (non-hydrogen) atoms. The highest BCUT2D eigenvalue weighted by Gasteiger charge is 2.26. The molecule has 2 rings (SSSR count). The Balaban J connectivity index is 1.80. The van der Waals surface area contributed by atoms with E-state index in [1.807, 2.05) is 6.07 Å². The molecule has 0 radical (unpaired) electrons. The van der Waals surface area contributed by atoms with Gasteiger partial charge in [-0.25, -0.2) is 0 Å². The molecule has 1 aromatic rings. The molecule has 0 bridgehead atoms. The van der Waals surface area contributed by atoms with Gasteiger partial charge < -0.3 is 10.6 Å². The van der Waals surface area contributed by atoms with Gasteiger partial charge in [0.15, 0.2) is 0 Å². The second kappa shape index (κ2) is 8.28. The zero-order chi connectivity index (χ0) is 15.2. The van der Waals surface area contributed by atoms with Crippen LogP contribution < -0.4 is 5.73 Å². The van der Waals surface area contributed by atoms with Crippen molar-refractivity contribution in [3.05, 3.63) is 34.3 Å².